The highest BCUT2D eigenvalue weighted by Gasteiger charge is 2.41. The summed E-state index contributed by atoms with van der Waals surface area (Å²) in [7, 11) is 1.49. The number of hydrogen-bond acceptors (Lipinski definition) is 7. The van der Waals surface area contributed by atoms with E-state index in [0.29, 0.717) is 0 Å². The van der Waals surface area contributed by atoms with Crippen molar-refractivity contribution in [2.45, 2.75) is 72.3 Å². The molecule has 3 aromatic rings. The standard InChI is InChI=1S/C35H44N2O7/c1-34(2,3)30(32(40)36-7)37-31(39)27(20-24-17-18-25-15-11-12-16-26(25)19-24)29(33(41)44-35(4,5)6)43-22-28(38)42-21-23-13-9-8-10-14-23/h8-19,27,29-30H,20-22H2,1-7H3,(H,36,40)(H,37,39)/t27-,29+,30-/m1/s1. The van der Waals surface area contributed by atoms with E-state index >= 15 is 0 Å². The van der Waals surface area contributed by atoms with E-state index in [4.69, 9.17) is 14.2 Å². The van der Waals surface area contributed by atoms with Gasteiger partial charge in [0.05, 0.1) is 5.92 Å². The van der Waals surface area contributed by atoms with Gasteiger partial charge in [0.25, 0.3) is 0 Å². The van der Waals surface area contributed by atoms with Crippen molar-refractivity contribution in [3.05, 3.63) is 83.9 Å². The number of rotatable bonds is 12. The van der Waals surface area contributed by atoms with E-state index < -0.39 is 53.5 Å². The van der Waals surface area contributed by atoms with Gasteiger partial charge in [-0.1, -0.05) is 93.6 Å². The number of fused-ring (bicyclic) bond motifs is 1. The van der Waals surface area contributed by atoms with Crippen LogP contribution in [0.1, 0.15) is 52.7 Å². The molecule has 0 aromatic heterocycles. The zero-order valence-corrected chi connectivity index (χ0v) is 26.6. The average Bonchev–Trinajstić information content (AvgIpc) is 2.96. The van der Waals surface area contributed by atoms with Gasteiger partial charge in [-0.15, -0.1) is 0 Å². The van der Waals surface area contributed by atoms with E-state index in [1.165, 1.54) is 7.05 Å². The lowest BCUT2D eigenvalue weighted by Gasteiger charge is -2.33. The maximum Gasteiger partial charge on any atom is 0.336 e. The Morgan fingerprint density at radius 2 is 1.41 bits per heavy atom. The number of esters is 2. The van der Waals surface area contributed by atoms with Gasteiger partial charge in [0.1, 0.15) is 24.9 Å². The summed E-state index contributed by atoms with van der Waals surface area (Å²) < 4.78 is 16.9. The third-order valence-corrected chi connectivity index (χ3v) is 6.90. The quantitative estimate of drug-likeness (QED) is 0.287. The average molecular weight is 605 g/mol. The molecule has 0 unspecified atom stereocenters. The predicted molar refractivity (Wildman–Crippen MR) is 168 cm³/mol. The molecule has 0 saturated heterocycles. The largest absolute Gasteiger partial charge is 0.459 e. The Morgan fingerprint density at radius 1 is 0.773 bits per heavy atom. The lowest BCUT2D eigenvalue weighted by atomic mass is 9.84. The molecule has 9 nitrogen and oxygen atoms in total. The van der Waals surface area contributed by atoms with Crippen LogP contribution in [0.2, 0.25) is 0 Å². The molecule has 3 aromatic carbocycles. The third kappa shape index (κ3) is 10.2. The Morgan fingerprint density at radius 3 is 2.02 bits per heavy atom. The van der Waals surface area contributed by atoms with E-state index in [1.807, 2.05) is 93.6 Å². The summed E-state index contributed by atoms with van der Waals surface area (Å²) in [5, 5.41) is 7.42. The number of carbonyl (C=O) groups is 4. The second kappa shape index (κ2) is 15.0. The van der Waals surface area contributed by atoms with Crippen LogP contribution in [0.4, 0.5) is 0 Å². The molecule has 9 heteroatoms. The Balaban J connectivity index is 1.96. The van der Waals surface area contributed by atoms with Gasteiger partial charge in [-0.2, -0.15) is 0 Å². The smallest absolute Gasteiger partial charge is 0.336 e. The van der Waals surface area contributed by atoms with Gasteiger partial charge >= 0.3 is 11.9 Å². The fourth-order valence-corrected chi connectivity index (χ4v) is 4.67. The number of ether oxygens (including phenoxy) is 3. The number of hydrogen-bond donors (Lipinski definition) is 2. The van der Waals surface area contributed by atoms with Gasteiger partial charge in [-0.05, 0) is 54.5 Å². The summed E-state index contributed by atoms with van der Waals surface area (Å²) in [6.07, 6.45) is -1.40. The SMILES string of the molecule is CNC(=O)[C@@H](NC(=O)[C@H](Cc1ccc2ccccc2c1)[C@H](OCC(=O)OCc1ccccc1)C(=O)OC(C)(C)C)C(C)(C)C. The number of benzene rings is 3. The van der Waals surface area contributed by atoms with Crippen molar-refractivity contribution in [1.29, 1.82) is 0 Å². The van der Waals surface area contributed by atoms with E-state index in [9.17, 15) is 19.2 Å². The molecule has 2 amide bonds. The molecular weight excluding hydrogens is 560 g/mol. The first-order valence-electron chi connectivity index (χ1n) is 14.7. The molecule has 3 rings (SSSR count). The van der Waals surface area contributed by atoms with Gasteiger partial charge in [-0.3, -0.25) is 9.59 Å². The van der Waals surface area contributed by atoms with Crippen LogP contribution in [0.25, 0.3) is 10.8 Å². The van der Waals surface area contributed by atoms with Gasteiger partial charge in [0.2, 0.25) is 11.8 Å². The molecule has 0 saturated carbocycles. The molecule has 0 aliphatic heterocycles. The van der Waals surface area contributed by atoms with E-state index in [0.717, 1.165) is 21.9 Å². The molecule has 0 aliphatic carbocycles. The maximum atomic E-state index is 14.1. The van der Waals surface area contributed by atoms with Crippen LogP contribution >= 0.6 is 0 Å². The monoisotopic (exact) mass is 604 g/mol. The Labute approximate surface area is 259 Å². The van der Waals surface area contributed by atoms with Crippen LogP contribution in [0.3, 0.4) is 0 Å². The van der Waals surface area contributed by atoms with Crippen molar-refractivity contribution in [1.82, 2.24) is 10.6 Å². The molecule has 2 N–H and O–H groups in total. The van der Waals surface area contributed by atoms with E-state index in [-0.39, 0.29) is 18.9 Å². The van der Waals surface area contributed by atoms with Gasteiger partial charge in [-0.25, -0.2) is 9.59 Å². The van der Waals surface area contributed by atoms with Crippen molar-refractivity contribution >= 4 is 34.5 Å². The molecule has 0 heterocycles. The summed E-state index contributed by atoms with van der Waals surface area (Å²) in [5.41, 5.74) is 0.0136. The van der Waals surface area contributed by atoms with Crippen LogP contribution in [-0.4, -0.2) is 55.2 Å². The van der Waals surface area contributed by atoms with Crippen molar-refractivity contribution in [2.24, 2.45) is 11.3 Å². The summed E-state index contributed by atoms with van der Waals surface area (Å²) in [4.78, 5) is 53.2. The molecule has 0 bridgehead atoms. The first kappa shape index (κ1) is 34.3. The number of carbonyl (C=O) groups excluding carboxylic acids is 4. The summed E-state index contributed by atoms with van der Waals surface area (Å²) in [6.45, 7) is 10.0. The number of amides is 2. The highest BCUT2D eigenvalue weighted by atomic mass is 16.6. The summed E-state index contributed by atoms with van der Waals surface area (Å²) >= 11 is 0. The highest BCUT2D eigenvalue weighted by Crippen LogP contribution is 2.25. The molecule has 44 heavy (non-hydrogen) atoms. The first-order valence-corrected chi connectivity index (χ1v) is 14.7. The van der Waals surface area contributed by atoms with Crippen LogP contribution in [0.5, 0.6) is 0 Å². The minimum Gasteiger partial charge on any atom is -0.459 e. The molecule has 0 fully saturated rings. The molecule has 0 spiro atoms. The summed E-state index contributed by atoms with van der Waals surface area (Å²) in [6, 6.07) is 21.8. The number of nitrogens with one attached hydrogen (secondary N) is 2. The first-order chi connectivity index (χ1) is 20.7. The summed E-state index contributed by atoms with van der Waals surface area (Å²) in [5.74, 6) is -3.63. The minimum absolute atomic E-state index is 0.0283. The van der Waals surface area contributed by atoms with Crippen LogP contribution in [0.15, 0.2) is 72.8 Å². The molecule has 3 atom stereocenters. The van der Waals surface area contributed by atoms with Crippen LogP contribution < -0.4 is 10.6 Å². The molecular formula is C35H44N2O7. The van der Waals surface area contributed by atoms with Crippen molar-refractivity contribution in [3.63, 3.8) is 0 Å². The fraction of sp³-hybridized carbons (Fsp3) is 0.429. The lowest BCUT2D eigenvalue weighted by molar-refractivity contribution is -0.178. The highest BCUT2D eigenvalue weighted by molar-refractivity contribution is 5.92. The third-order valence-electron chi connectivity index (χ3n) is 6.90. The van der Waals surface area contributed by atoms with E-state index in [2.05, 4.69) is 10.6 Å². The topological polar surface area (TPSA) is 120 Å². The minimum atomic E-state index is -1.48. The van der Waals surface area contributed by atoms with Crippen molar-refractivity contribution < 1.29 is 33.4 Å². The van der Waals surface area contributed by atoms with Crippen molar-refractivity contribution in [2.75, 3.05) is 13.7 Å². The van der Waals surface area contributed by atoms with E-state index in [1.54, 1.807) is 20.8 Å². The predicted octanol–water partition coefficient (Wildman–Crippen LogP) is 4.75. The Bertz CT molecular complexity index is 1440. The Kier molecular flexibility index (Phi) is 11.7. The lowest BCUT2D eigenvalue weighted by Crippen LogP contribution is -2.56. The maximum absolute atomic E-state index is 14.1. The van der Waals surface area contributed by atoms with Crippen LogP contribution in [-0.2, 0) is 46.4 Å². The van der Waals surface area contributed by atoms with Gasteiger partial charge in [0.15, 0.2) is 6.10 Å². The number of likely N-dealkylation sites (N-methyl/N-ethyl adjacent to an activating group) is 1. The molecule has 0 radical (unpaired) electrons. The Hall–Kier alpha value is -4.24. The van der Waals surface area contributed by atoms with Crippen LogP contribution in [0, 0.1) is 11.3 Å². The van der Waals surface area contributed by atoms with Gasteiger partial charge < -0.3 is 24.8 Å². The zero-order valence-electron chi connectivity index (χ0n) is 26.6. The van der Waals surface area contributed by atoms with Gasteiger partial charge in [0, 0.05) is 7.05 Å². The molecule has 236 valence electrons. The van der Waals surface area contributed by atoms with Crippen molar-refractivity contribution in [3.8, 4) is 0 Å². The second-order valence-electron chi connectivity index (χ2n) is 12.8. The normalized spacial score (nSPS) is 13.8. The molecule has 0 aliphatic rings. The second-order valence-corrected chi connectivity index (χ2v) is 12.8. The zero-order chi connectivity index (χ0) is 32.5. The fourth-order valence-electron chi connectivity index (χ4n) is 4.67.